The van der Waals surface area contributed by atoms with Crippen molar-refractivity contribution in [3.63, 3.8) is 0 Å². The first kappa shape index (κ1) is 15.7. The minimum Gasteiger partial charge on any atom is -0.469 e. The molecule has 0 bridgehead atoms. The van der Waals surface area contributed by atoms with Crippen molar-refractivity contribution in [1.82, 2.24) is 0 Å². The van der Waals surface area contributed by atoms with Crippen LogP contribution in [0.3, 0.4) is 0 Å². The zero-order chi connectivity index (χ0) is 16.4. The van der Waals surface area contributed by atoms with Gasteiger partial charge >= 0.3 is 11.9 Å². The normalized spacial score (nSPS) is 20.9. The molecule has 1 aromatic carbocycles. The van der Waals surface area contributed by atoms with Gasteiger partial charge in [0.25, 0.3) is 0 Å². The van der Waals surface area contributed by atoms with Crippen LogP contribution in [0.1, 0.15) is 25.3 Å². The van der Waals surface area contributed by atoms with Crippen molar-refractivity contribution in [2.24, 2.45) is 5.92 Å². The first-order valence-corrected chi connectivity index (χ1v) is 8.38. The summed E-state index contributed by atoms with van der Waals surface area (Å²) >= 11 is 1.70. The number of hydrogen-bond acceptors (Lipinski definition) is 5. The molecule has 2 atom stereocenters. The van der Waals surface area contributed by atoms with E-state index in [4.69, 9.17) is 9.47 Å². The second kappa shape index (κ2) is 6.54. The van der Waals surface area contributed by atoms with Crippen molar-refractivity contribution in [3.8, 4) is 0 Å². The second-order valence-electron chi connectivity index (χ2n) is 5.67. The molecule has 1 aromatic heterocycles. The van der Waals surface area contributed by atoms with E-state index in [1.165, 1.54) is 24.1 Å². The van der Waals surface area contributed by atoms with Gasteiger partial charge in [-0.15, -0.1) is 11.3 Å². The molecule has 0 N–H and O–H groups in total. The Hall–Kier alpha value is -2.14. The maximum Gasteiger partial charge on any atom is 0.312 e. The minimum absolute atomic E-state index is 0.295. The second-order valence-corrected chi connectivity index (χ2v) is 6.61. The Morgan fingerprint density at radius 3 is 2.83 bits per heavy atom. The van der Waals surface area contributed by atoms with Crippen molar-refractivity contribution in [2.45, 2.75) is 25.9 Å². The summed E-state index contributed by atoms with van der Waals surface area (Å²) < 4.78 is 11.4. The Balaban J connectivity index is 1.94. The van der Waals surface area contributed by atoms with Gasteiger partial charge in [-0.2, -0.15) is 0 Å². The molecule has 5 heteroatoms. The van der Waals surface area contributed by atoms with Crippen molar-refractivity contribution < 1.29 is 19.1 Å². The number of hydrogen-bond donors (Lipinski definition) is 0. The van der Waals surface area contributed by atoms with Gasteiger partial charge in [-0.1, -0.05) is 12.1 Å². The smallest absolute Gasteiger partial charge is 0.312 e. The van der Waals surface area contributed by atoms with Gasteiger partial charge in [-0.05, 0) is 40.1 Å². The predicted molar refractivity (Wildman–Crippen MR) is 90.1 cm³/mol. The van der Waals surface area contributed by atoms with E-state index in [2.05, 4.69) is 29.6 Å². The molecule has 1 heterocycles. The number of benzene rings is 1. The maximum absolute atomic E-state index is 11.9. The topological polar surface area (TPSA) is 52.6 Å². The van der Waals surface area contributed by atoms with Crippen LogP contribution < -0.4 is 0 Å². The Morgan fingerprint density at radius 1 is 1.26 bits per heavy atom. The van der Waals surface area contributed by atoms with E-state index in [1.54, 1.807) is 11.3 Å². The Kier molecular flexibility index (Phi) is 4.48. The molecule has 1 aliphatic carbocycles. The van der Waals surface area contributed by atoms with Crippen LogP contribution in [0.4, 0.5) is 0 Å². The van der Waals surface area contributed by atoms with Crippen LogP contribution in [0.2, 0.25) is 0 Å². The summed E-state index contributed by atoms with van der Waals surface area (Å²) in [6.07, 6.45) is 2.73. The van der Waals surface area contributed by atoms with Crippen molar-refractivity contribution >= 4 is 38.9 Å². The van der Waals surface area contributed by atoms with Gasteiger partial charge in [0, 0.05) is 24.5 Å². The molecule has 0 saturated heterocycles. The lowest BCUT2D eigenvalue weighted by Crippen LogP contribution is -2.28. The molecule has 1 aliphatic rings. The molecule has 0 saturated carbocycles. The molecule has 0 aliphatic heterocycles. The van der Waals surface area contributed by atoms with E-state index in [0.717, 1.165) is 11.1 Å². The fraction of sp³-hybridized carbons (Fsp3) is 0.333. The number of rotatable bonds is 3. The van der Waals surface area contributed by atoms with Gasteiger partial charge in [0.05, 0.1) is 13.0 Å². The number of fused-ring (bicyclic) bond motifs is 1. The van der Waals surface area contributed by atoms with Gasteiger partial charge < -0.3 is 9.47 Å². The summed E-state index contributed by atoms with van der Waals surface area (Å²) in [6, 6.07) is 8.32. The third-order valence-corrected chi connectivity index (χ3v) is 4.92. The molecule has 0 unspecified atom stereocenters. The molecule has 2 aromatic rings. The molecule has 4 nitrogen and oxygen atoms in total. The van der Waals surface area contributed by atoms with Crippen molar-refractivity contribution in [1.29, 1.82) is 0 Å². The quantitative estimate of drug-likeness (QED) is 0.803. The molecule has 23 heavy (non-hydrogen) atoms. The third-order valence-electron chi connectivity index (χ3n) is 4.03. The number of carbonyl (C=O) groups excluding carboxylic acids is 2. The van der Waals surface area contributed by atoms with Crippen molar-refractivity contribution in [3.05, 3.63) is 41.3 Å². The highest BCUT2D eigenvalue weighted by atomic mass is 32.1. The van der Waals surface area contributed by atoms with Gasteiger partial charge in [0.1, 0.15) is 6.10 Å². The highest BCUT2D eigenvalue weighted by Crippen LogP contribution is 2.34. The molecular formula is C18H18O4S. The first-order valence-electron chi connectivity index (χ1n) is 7.50. The zero-order valence-corrected chi connectivity index (χ0v) is 13.9. The SMILES string of the molecule is COC(=O)[C@@H]1C=C(c2ccc3sccc3c2)C[C@H](OC(C)=O)C1. The van der Waals surface area contributed by atoms with Crippen LogP contribution in [0, 0.1) is 5.92 Å². The lowest BCUT2D eigenvalue weighted by Gasteiger charge is -2.27. The van der Waals surface area contributed by atoms with Crippen molar-refractivity contribution in [2.75, 3.05) is 7.11 Å². The van der Waals surface area contributed by atoms with Crippen LogP contribution in [0.25, 0.3) is 15.7 Å². The summed E-state index contributed by atoms with van der Waals surface area (Å²) in [5, 5.41) is 3.24. The summed E-state index contributed by atoms with van der Waals surface area (Å²) in [5.41, 5.74) is 2.08. The number of methoxy groups -OCH3 is 1. The zero-order valence-electron chi connectivity index (χ0n) is 13.1. The predicted octanol–water partition coefficient (Wildman–Crippen LogP) is 3.80. The molecule has 120 valence electrons. The number of ether oxygens (including phenoxy) is 2. The lowest BCUT2D eigenvalue weighted by molar-refractivity contribution is -0.151. The number of carbonyl (C=O) groups is 2. The van der Waals surface area contributed by atoms with E-state index in [-0.39, 0.29) is 24.0 Å². The third kappa shape index (κ3) is 3.45. The van der Waals surface area contributed by atoms with E-state index < -0.39 is 0 Å². The van der Waals surface area contributed by atoms with E-state index >= 15 is 0 Å². The highest BCUT2D eigenvalue weighted by molar-refractivity contribution is 7.17. The monoisotopic (exact) mass is 330 g/mol. The summed E-state index contributed by atoms with van der Waals surface area (Å²) in [5.74, 6) is -1.00. The summed E-state index contributed by atoms with van der Waals surface area (Å²) in [4.78, 5) is 23.2. The molecule has 0 radical (unpaired) electrons. The average molecular weight is 330 g/mol. The highest BCUT2D eigenvalue weighted by Gasteiger charge is 2.30. The Morgan fingerprint density at radius 2 is 2.09 bits per heavy atom. The number of esters is 2. The molecule has 0 spiro atoms. The van der Waals surface area contributed by atoms with Crippen LogP contribution in [0.15, 0.2) is 35.7 Å². The van der Waals surface area contributed by atoms with Gasteiger partial charge in [-0.3, -0.25) is 9.59 Å². The summed E-state index contributed by atoms with van der Waals surface area (Å²) in [6.45, 7) is 1.39. The Bertz CT molecular complexity index is 774. The van der Waals surface area contributed by atoms with E-state index in [9.17, 15) is 9.59 Å². The molecule has 3 rings (SSSR count). The largest absolute Gasteiger partial charge is 0.469 e. The molecular weight excluding hydrogens is 312 g/mol. The number of thiophene rings is 1. The minimum atomic E-state index is -0.383. The standard InChI is InChI=1S/C18H18O4S/c1-11(19)22-16-9-14(8-15(10-16)18(20)21-2)12-3-4-17-13(7-12)5-6-23-17/h3-8,15-16H,9-10H2,1-2H3/t15-,16+/m1/s1. The summed E-state index contributed by atoms with van der Waals surface area (Å²) in [7, 11) is 1.38. The van der Waals surface area contributed by atoms with Crippen LogP contribution in [-0.4, -0.2) is 25.2 Å². The fourth-order valence-electron chi connectivity index (χ4n) is 3.01. The first-order chi connectivity index (χ1) is 11.1. The fourth-order valence-corrected chi connectivity index (χ4v) is 3.78. The van der Waals surface area contributed by atoms with Gasteiger partial charge in [-0.25, -0.2) is 0 Å². The maximum atomic E-state index is 11.9. The van der Waals surface area contributed by atoms with Crippen LogP contribution in [-0.2, 0) is 19.1 Å². The van der Waals surface area contributed by atoms with E-state index in [0.29, 0.717) is 12.8 Å². The lowest BCUT2D eigenvalue weighted by atomic mass is 9.85. The van der Waals surface area contributed by atoms with Crippen LogP contribution >= 0.6 is 11.3 Å². The molecule has 0 fully saturated rings. The Labute approximate surface area is 138 Å². The van der Waals surface area contributed by atoms with Crippen LogP contribution in [0.5, 0.6) is 0 Å². The molecule has 0 amide bonds. The van der Waals surface area contributed by atoms with Gasteiger partial charge in [0.2, 0.25) is 0 Å². The average Bonchev–Trinajstić information content (AvgIpc) is 3.00. The van der Waals surface area contributed by atoms with Gasteiger partial charge in [0.15, 0.2) is 0 Å². The van der Waals surface area contributed by atoms with E-state index in [1.807, 2.05) is 6.08 Å².